The molecule has 0 aromatic carbocycles. The fourth-order valence-electron chi connectivity index (χ4n) is 13.9. The summed E-state index contributed by atoms with van der Waals surface area (Å²) in [4.78, 5) is 64.0. The number of hydrogen-bond donors (Lipinski definition) is 24. The highest BCUT2D eigenvalue weighted by atomic mass is 32.2. The van der Waals surface area contributed by atoms with E-state index in [1.807, 2.05) is 0 Å². The standard InChI is InChI=1S/C62H98F2N5O45PS/c1-3-19-44-30(77)37(84)53(100-19)109-45-20(8-70)102-55(39(86)32(45)79)112-48-23(11-73)105-58(42(89)35(48)82)114-50-26(16-116-15-18(66-2)52(92)67-6-4-28(75)96-14-29(76)97-17-99-115(94,95)98-13-25-51(91)62(63,64)60(107-25)69-7-5-27(65)68-61(69)93)106-59(43(90)36(50)83)113-49-24(12-74)104-57(41(88)34(49)81)111-47-22(10-72)103-56(40(87)33(47)80)110-46-21(9-71)101-54(108-44)38(85)31(46)78/h5,7,18-26,30-51,53-60,66,70-74,77-91H,3-4,6,8-17H2,1-2H3,(H,67,92)(H,94,95)(H2,65,68,93)/t18-,19?,20?,21?,22?,23?,24?,25-,26?,30-,31-,32-,33-,34-,35-,36-,37?,38?,39?,40?,41?,42?,43?,44-,45-,46-,47-,48-,49-,50-,51-,53-,54-,55+,56-,57-,58+,59+,60-/m1/s1. The third kappa shape index (κ3) is 21.1. The van der Waals surface area contributed by atoms with Crippen LogP contribution < -0.4 is 22.1 Å². The molecule has 22 aliphatic rings. The number of nitrogens with zero attached hydrogens (tertiary/aromatic N) is 2. The van der Waals surface area contributed by atoms with Crippen LogP contribution in [0.5, 0.6) is 0 Å². The van der Waals surface area contributed by atoms with Gasteiger partial charge in [0, 0.05) is 24.2 Å². The van der Waals surface area contributed by atoms with Crippen LogP contribution in [0.1, 0.15) is 26.0 Å². The van der Waals surface area contributed by atoms with E-state index in [0.717, 1.165) is 24.0 Å². The van der Waals surface area contributed by atoms with Crippen molar-refractivity contribution >= 4 is 43.2 Å². The van der Waals surface area contributed by atoms with Crippen LogP contribution in [0.2, 0.25) is 0 Å². The van der Waals surface area contributed by atoms with Crippen molar-refractivity contribution in [2.45, 2.75) is 265 Å². The molecule has 0 aliphatic carbocycles. The van der Waals surface area contributed by atoms with Gasteiger partial charge in [0.1, 0.15) is 171 Å². The number of nitrogens with one attached hydrogen (secondary N) is 2. The minimum Gasteiger partial charge on any atom is -0.454 e. The Labute approximate surface area is 657 Å². The molecule has 666 valence electrons. The fraction of sp³-hybridized carbons (Fsp3) is 0.887. The van der Waals surface area contributed by atoms with E-state index >= 15 is 0 Å². The van der Waals surface area contributed by atoms with Crippen molar-refractivity contribution < 1.29 is 224 Å². The molecule has 22 saturated heterocycles. The normalized spacial score (nSPS) is 44.5. The molecule has 22 fully saturated rings. The molecule has 1 aromatic heterocycles. The number of carbonyl (C=O) groups excluding carboxylic acids is 3. The number of amides is 1. The second-order valence-corrected chi connectivity index (χ2v) is 30.5. The highest BCUT2D eigenvalue weighted by Crippen LogP contribution is 2.48. The summed E-state index contributed by atoms with van der Waals surface area (Å²) in [6, 6.07) is -0.208. The van der Waals surface area contributed by atoms with Crippen molar-refractivity contribution in [2.75, 3.05) is 83.9 Å². The number of esters is 2. The number of alkyl halides is 2. The smallest absolute Gasteiger partial charge is 0.454 e. The molecule has 116 heavy (non-hydrogen) atoms. The van der Waals surface area contributed by atoms with E-state index in [1.54, 1.807) is 0 Å². The van der Waals surface area contributed by atoms with E-state index in [4.69, 9.17) is 81.5 Å². The first-order chi connectivity index (χ1) is 55.0. The number of carbonyl (C=O) groups is 3. The van der Waals surface area contributed by atoms with Gasteiger partial charge in [-0.1, -0.05) is 6.92 Å². The minimum atomic E-state index is -5.27. The summed E-state index contributed by atoms with van der Waals surface area (Å²) in [5, 5.41) is 231. The Morgan fingerprint density at radius 1 is 0.526 bits per heavy atom. The Morgan fingerprint density at radius 2 is 0.879 bits per heavy atom. The third-order valence-electron chi connectivity index (χ3n) is 20.4. The van der Waals surface area contributed by atoms with Gasteiger partial charge in [0.15, 0.2) is 56.7 Å². The van der Waals surface area contributed by atoms with Gasteiger partial charge in [-0.05, 0) is 19.5 Å². The number of nitrogens with two attached hydrogens (primary N) is 1. The number of likely N-dealkylation sites (N-methyl/N-ethyl adjacent to an activating group) is 1. The molecule has 1 amide bonds. The van der Waals surface area contributed by atoms with Gasteiger partial charge >= 0.3 is 31.4 Å². The number of thioether (sulfide) groups is 1. The van der Waals surface area contributed by atoms with Gasteiger partial charge in [-0.15, -0.1) is 0 Å². The number of aliphatic hydroxyl groups excluding tert-OH is 20. The monoisotopic (exact) mass is 1730 g/mol. The quantitative estimate of drug-likeness (QED) is 0.0260. The highest BCUT2D eigenvalue weighted by molar-refractivity contribution is 7.99. The van der Waals surface area contributed by atoms with Crippen molar-refractivity contribution in [3.63, 3.8) is 0 Å². The van der Waals surface area contributed by atoms with E-state index in [0.29, 0.717) is 4.57 Å². The van der Waals surface area contributed by atoms with Crippen LogP contribution in [0.15, 0.2) is 17.1 Å². The van der Waals surface area contributed by atoms with Crippen molar-refractivity contribution in [3.8, 4) is 0 Å². The molecule has 23 heterocycles. The third-order valence-corrected chi connectivity index (χ3v) is 22.4. The van der Waals surface area contributed by atoms with Gasteiger partial charge in [0.25, 0.3) is 0 Å². The first-order valence-corrected chi connectivity index (χ1v) is 38.9. The molecular weight excluding hydrogens is 1640 g/mol. The maximum atomic E-state index is 14.9. The molecule has 25 N–H and O–H groups in total. The number of aliphatic hydroxyl groups is 20. The van der Waals surface area contributed by atoms with Crippen LogP contribution in [0.4, 0.5) is 14.6 Å². The second-order valence-electron chi connectivity index (χ2n) is 28.0. The molecular formula is C62H98F2N5O45PS. The van der Waals surface area contributed by atoms with Gasteiger partial charge in [-0.25, -0.2) is 18.7 Å². The van der Waals surface area contributed by atoms with Crippen LogP contribution >= 0.6 is 19.6 Å². The number of anilines is 1. The summed E-state index contributed by atoms with van der Waals surface area (Å²) >= 11 is 0.837. The predicted molar refractivity (Wildman–Crippen MR) is 359 cm³/mol. The van der Waals surface area contributed by atoms with Gasteiger partial charge < -0.3 is 204 Å². The lowest BCUT2D eigenvalue weighted by atomic mass is 9.94. The summed E-state index contributed by atoms with van der Waals surface area (Å²) in [7, 11) is -3.93. The van der Waals surface area contributed by atoms with Gasteiger partial charge in [0.05, 0.1) is 64.3 Å². The minimum absolute atomic E-state index is 0.100. The molecule has 14 bridgehead atoms. The van der Waals surface area contributed by atoms with Crippen LogP contribution in [-0.2, 0) is 109 Å². The number of nitrogen functional groups attached to an aromatic ring is 1. The maximum absolute atomic E-state index is 14.9. The number of hydrogen-bond acceptors (Lipinski definition) is 48. The topological polar surface area (TPSA) is 753 Å². The summed E-state index contributed by atoms with van der Waals surface area (Å²) in [6.45, 7) is -8.15. The predicted octanol–water partition coefficient (Wildman–Crippen LogP) is -15.1. The van der Waals surface area contributed by atoms with Gasteiger partial charge in [0.2, 0.25) is 18.9 Å². The van der Waals surface area contributed by atoms with Crippen LogP contribution in [0.25, 0.3) is 0 Å². The molecule has 0 spiro atoms. The summed E-state index contributed by atoms with van der Waals surface area (Å²) in [6.07, 6.45) is -78.4. The molecule has 54 heteroatoms. The van der Waals surface area contributed by atoms with Crippen molar-refractivity contribution in [1.29, 1.82) is 0 Å². The summed E-state index contributed by atoms with van der Waals surface area (Å²) in [5.41, 5.74) is 4.11. The highest BCUT2D eigenvalue weighted by Gasteiger charge is 2.62. The lowest BCUT2D eigenvalue weighted by molar-refractivity contribution is -0.395. The summed E-state index contributed by atoms with van der Waals surface area (Å²) in [5.74, 6) is -8.48. The molecule has 23 rings (SSSR count). The Morgan fingerprint density at radius 3 is 1.23 bits per heavy atom. The first-order valence-electron chi connectivity index (χ1n) is 36.2. The number of phosphoric acid groups is 1. The zero-order valence-electron chi connectivity index (χ0n) is 61.1. The zero-order chi connectivity index (χ0) is 84.9. The fourth-order valence-corrected chi connectivity index (χ4v) is 15.7. The Balaban J connectivity index is 0.804. The molecule has 22 aliphatic heterocycles. The molecule has 0 radical (unpaired) electrons. The average Bonchev–Trinajstić information content (AvgIpc) is 1.39. The van der Waals surface area contributed by atoms with E-state index in [2.05, 4.69) is 29.4 Å². The van der Waals surface area contributed by atoms with Crippen molar-refractivity contribution in [3.05, 3.63) is 22.7 Å². The SMILES string of the molecule is CCC1O[C@@H]2O[C@@H]3C(CO)O[C@@H](O[C@@H]4C(CO)O[C@@H](O[C@@H]5C(CSC[C@@H](NC)C(=O)NCCC(=O)OCC(=O)OCOP(=O)(O)OC[C@H]6O[C@@H](n7ccc(N)nc7=O)C(F)(F)[C@@H]6O)O[C@@H](O[C@@H]6C(CO)O[C@H](O[C@@H]7C(CO)O[C@H](O[C@@H]8C(CO)O[C@H](O[C@H]1[C@H](O)C2O)C(O)[C@H]8O)C(O)[C@H]7O)C(O)[C@H]6O)C(O)[C@H]5O)C(O)[C@H]4O)C(O)[C@H]3O. The van der Waals surface area contributed by atoms with E-state index in [-0.39, 0.29) is 18.0 Å². The number of aromatic nitrogens is 2. The molecule has 0 saturated carbocycles. The largest absolute Gasteiger partial charge is 0.475 e. The van der Waals surface area contributed by atoms with Gasteiger partial charge in [-0.2, -0.15) is 25.5 Å². The van der Waals surface area contributed by atoms with Crippen molar-refractivity contribution in [2.24, 2.45) is 0 Å². The van der Waals surface area contributed by atoms with E-state index in [9.17, 15) is 140 Å². The Bertz CT molecular complexity index is 3430. The van der Waals surface area contributed by atoms with Crippen LogP contribution in [0, 0.1) is 0 Å². The number of halogens is 2. The van der Waals surface area contributed by atoms with E-state index < -0.39 is 348 Å². The van der Waals surface area contributed by atoms with Crippen LogP contribution in [-0.4, -0.2) is 452 Å². The molecule has 1 aromatic rings. The van der Waals surface area contributed by atoms with Gasteiger partial charge in [-0.3, -0.25) is 18.7 Å². The lowest BCUT2D eigenvalue weighted by Gasteiger charge is -2.50. The lowest BCUT2D eigenvalue weighted by Crippen LogP contribution is -2.68. The van der Waals surface area contributed by atoms with Crippen molar-refractivity contribution in [1.82, 2.24) is 20.2 Å². The molecule has 50 nitrogen and oxygen atoms in total. The number of rotatable bonds is 24. The van der Waals surface area contributed by atoms with E-state index in [1.165, 1.54) is 14.0 Å². The second kappa shape index (κ2) is 41.0. The molecule has 15 unspecified atom stereocenters. The number of phosphoric ester groups is 1. The Kier molecular flexibility index (Phi) is 33.3. The molecule has 40 atom stereocenters. The Hall–Kier alpha value is -4.03. The first kappa shape index (κ1) is 94.2. The van der Waals surface area contributed by atoms with Crippen LogP contribution in [0.3, 0.4) is 0 Å². The number of ether oxygens (including phenoxy) is 17. The average molecular weight is 1730 g/mol. The maximum Gasteiger partial charge on any atom is 0.475 e. The summed E-state index contributed by atoms with van der Waals surface area (Å²) < 4.78 is 148. The zero-order valence-corrected chi connectivity index (χ0v) is 62.8.